The van der Waals surface area contributed by atoms with Crippen LogP contribution < -0.4 is 10.1 Å². The molecule has 31 heavy (non-hydrogen) atoms. The molecule has 5 nitrogen and oxygen atoms in total. The van der Waals surface area contributed by atoms with Crippen LogP contribution in [0.5, 0.6) is 5.75 Å². The van der Waals surface area contributed by atoms with Gasteiger partial charge >= 0.3 is 0 Å². The first-order valence-corrected chi connectivity index (χ1v) is 10.5. The van der Waals surface area contributed by atoms with Crippen LogP contribution in [0.1, 0.15) is 20.8 Å². The van der Waals surface area contributed by atoms with Gasteiger partial charge in [0.25, 0.3) is 5.91 Å². The van der Waals surface area contributed by atoms with Crippen LogP contribution in [0.2, 0.25) is 5.02 Å². The van der Waals surface area contributed by atoms with E-state index in [2.05, 4.69) is 10.4 Å². The maximum absolute atomic E-state index is 13.6. The number of ether oxygens (including phenoxy) is 1. The Kier molecular flexibility index (Phi) is 6.29. The number of nitrogens with one attached hydrogen (secondary N) is 1. The first-order chi connectivity index (χ1) is 15.0. The molecule has 158 valence electrons. The van der Waals surface area contributed by atoms with Gasteiger partial charge in [-0.2, -0.15) is 5.10 Å². The standard InChI is InChI=1S/C22H16ClF2N3O2S/c23-16-3-1-14(2-4-16)10-28-11-18(9-26-28)27-22(29)21-7-15(13-31-21)12-30-20-6-5-17(24)8-19(20)25/h1-9,11,13H,10,12H2,(H,27,29). The Morgan fingerprint density at radius 1 is 1.13 bits per heavy atom. The third kappa shape index (κ3) is 5.48. The number of nitrogens with zero attached hydrogens (tertiary/aromatic N) is 2. The molecule has 1 N–H and O–H groups in total. The molecule has 1 amide bonds. The average Bonchev–Trinajstić information content (AvgIpc) is 3.39. The lowest BCUT2D eigenvalue weighted by atomic mass is 10.2. The van der Waals surface area contributed by atoms with Gasteiger partial charge in [0.05, 0.1) is 23.3 Å². The summed E-state index contributed by atoms with van der Waals surface area (Å²) in [6.45, 7) is 0.610. The van der Waals surface area contributed by atoms with E-state index in [-0.39, 0.29) is 18.3 Å². The van der Waals surface area contributed by atoms with Crippen LogP contribution in [0, 0.1) is 11.6 Å². The molecule has 0 aliphatic carbocycles. The van der Waals surface area contributed by atoms with E-state index in [1.54, 1.807) is 28.5 Å². The van der Waals surface area contributed by atoms with Gasteiger partial charge in [0.2, 0.25) is 0 Å². The van der Waals surface area contributed by atoms with Crippen LogP contribution >= 0.6 is 22.9 Å². The summed E-state index contributed by atoms with van der Waals surface area (Å²) in [5.41, 5.74) is 2.31. The SMILES string of the molecule is O=C(Nc1cnn(Cc2ccc(Cl)cc2)c1)c1cc(COc2ccc(F)cc2F)cs1. The summed E-state index contributed by atoms with van der Waals surface area (Å²) in [4.78, 5) is 13.0. The van der Waals surface area contributed by atoms with E-state index in [1.165, 1.54) is 17.4 Å². The van der Waals surface area contributed by atoms with E-state index in [0.29, 0.717) is 27.7 Å². The Bertz CT molecular complexity index is 1210. The molecule has 0 spiro atoms. The summed E-state index contributed by atoms with van der Waals surface area (Å²) in [5, 5.41) is 9.47. The molecule has 9 heteroatoms. The van der Waals surface area contributed by atoms with Gasteiger partial charge in [-0.15, -0.1) is 11.3 Å². The van der Waals surface area contributed by atoms with E-state index < -0.39 is 11.6 Å². The highest BCUT2D eigenvalue weighted by molar-refractivity contribution is 7.12. The van der Waals surface area contributed by atoms with Gasteiger partial charge < -0.3 is 10.1 Å². The Morgan fingerprint density at radius 2 is 1.94 bits per heavy atom. The van der Waals surface area contributed by atoms with Gasteiger partial charge in [0, 0.05) is 22.8 Å². The molecule has 4 aromatic rings. The van der Waals surface area contributed by atoms with E-state index in [1.807, 2.05) is 24.3 Å². The van der Waals surface area contributed by atoms with Crippen molar-refractivity contribution < 1.29 is 18.3 Å². The fourth-order valence-electron chi connectivity index (χ4n) is 2.81. The van der Waals surface area contributed by atoms with Crippen molar-refractivity contribution >= 4 is 34.5 Å². The molecular formula is C22H16ClF2N3O2S. The molecule has 4 rings (SSSR count). The summed E-state index contributed by atoms with van der Waals surface area (Å²) in [6, 6.07) is 12.2. The van der Waals surface area contributed by atoms with E-state index >= 15 is 0 Å². The van der Waals surface area contributed by atoms with Crippen LogP contribution in [-0.4, -0.2) is 15.7 Å². The first-order valence-electron chi connectivity index (χ1n) is 9.20. The van der Waals surface area contributed by atoms with Crippen LogP contribution in [0.4, 0.5) is 14.5 Å². The quantitative estimate of drug-likeness (QED) is 0.382. The number of thiophene rings is 1. The van der Waals surface area contributed by atoms with E-state index in [0.717, 1.165) is 17.7 Å². The predicted molar refractivity (Wildman–Crippen MR) is 116 cm³/mol. The number of anilines is 1. The molecule has 0 bridgehead atoms. The Morgan fingerprint density at radius 3 is 2.71 bits per heavy atom. The molecule has 0 radical (unpaired) electrons. The maximum atomic E-state index is 13.6. The minimum absolute atomic E-state index is 0.0493. The highest BCUT2D eigenvalue weighted by Gasteiger charge is 2.12. The van der Waals surface area contributed by atoms with Gasteiger partial charge in [0.1, 0.15) is 12.4 Å². The number of benzene rings is 2. The minimum Gasteiger partial charge on any atom is -0.486 e. The molecule has 0 aliphatic rings. The molecule has 0 saturated carbocycles. The molecule has 0 aliphatic heterocycles. The van der Waals surface area contributed by atoms with Gasteiger partial charge in [-0.1, -0.05) is 23.7 Å². The first kappa shape index (κ1) is 21.0. The fraction of sp³-hybridized carbons (Fsp3) is 0.0909. The van der Waals surface area contributed by atoms with Crippen molar-refractivity contribution in [2.75, 3.05) is 5.32 Å². The number of aromatic nitrogens is 2. The summed E-state index contributed by atoms with van der Waals surface area (Å²) in [6.07, 6.45) is 3.31. The maximum Gasteiger partial charge on any atom is 0.265 e. The lowest BCUT2D eigenvalue weighted by Gasteiger charge is -2.05. The molecule has 2 aromatic heterocycles. The molecule has 0 fully saturated rings. The third-order valence-corrected chi connectivity index (χ3v) is 5.54. The van der Waals surface area contributed by atoms with Crippen molar-refractivity contribution in [3.05, 3.63) is 99.0 Å². The van der Waals surface area contributed by atoms with Crippen LogP contribution in [0.3, 0.4) is 0 Å². The normalized spacial score (nSPS) is 10.8. The van der Waals surface area contributed by atoms with Crippen LogP contribution in [-0.2, 0) is 13.2 Å². The van der Waals surface area contributed by atoms with Crippen molar-refractivity contribution in [2.45, 2.75) is 13.2 Å². The minimum atomic E-state index is -0.774. The Labute approximate surface area is 185 Å². The van der Waals surface area contributed by atoms with Gasteiger partial charge in [-0.25, -0.2) is 8.78 Å². The second-order valence-corrected chi connectivity index (χ2v) is 8.04. The number of halogens is 3. The topological polar surface area (TPSA) is 56.2 Å². The van der Waals surface area contributed by atoms with E-state index in [9.17, 15) is 13.6 Å². The van der Waals surface area contributed by atoms with Gasteiger partial charge in [0.15, 0.2) is 11.6 Å². The second kappa shape index (κ2) is 9.28. The zero-order valence-corrected chi connectivity index (χ0v) is 17.6. The number of hydrogen-bond donors (Lipinski definition) is 1. The zero-order valence-electron chi connectivity index (χ0n) is 16.0. The van der Waals surface area contributed by atoms with Crippen molar-refractivity contribution in [2.24, 2.45) is 0 Å². The van der Waals surface area contributed by atoms with Crippen molar-refractivity contribution in [3.8, 4) is 5.75 Å². The predicted octanol–water partition coefficient (Wildman–Crippen LogP) is 5.76. The molecule has 0 atom stereocenters. The second-order valence-electron chi connectivity index (χ2n) is 6.69. The highest BCUT2D eigenvalue weighted by Crippen LogP contribution is 2.22. The lowest BCUT2D eigenvalue weighted by molar-refractivity contribution is 0.103. The van der Waals surface area contributed by atoms with Gasteiger partial charge in [-0.3, -0.25) is 9.48 Å². The van der Waals surface area contributed by atoms with Crippen molar-refractivity contribution in [1.82, 2.24) is 9.78 Å². The lowest BCUT2D eigenvalue weighted by Crippen LogP contribution is -2.09. The molecule has 2 heterocycles. The largest absolute Gasteiger partial charge is 0.486 e. The van der Waals surface area contributed by atoms with Crippen LogP contribution in [0.25, 0.3) is 0 Å². The molecule has 0 unspecified atom stereocenters. The molecule has 2 aromatic carbocycles. The van der Waals surface area contributed by atoms with Crippen molar-refractivity contribution in [3.63, 3.8) is 0 Å². The number of hydrogen-bond acceptors (Lipinski definition) is 4. The summed E-state index contributed by atoms with van der Waals surface area (Å²) < 4.78 is 33.7. The number of rotatable bonds is 7. The fourth-order valence-corrected chi connectivity index (χ4v) is 3.73. The number of carbonyl (C=O) groups excluding carboxylic acids is 1. The third-order valence-electron chi connectivity index (χ3n) is 4.31. The van der Waals surface area contributed by atoms with Crippen LogP contribution in [0.15, 0.2) is 66.3 Å². The summed E-state index contributed by atoms with van der Waals surface area (Å²) in [5.74, 6) is -1.78. The molecular weight excluding hydrogens is 444 g/mol. The summed E-state index contributed by atoms with van der Waals surface area (Å²) >= 11 is 7.14. The average molecular weight is 460 g/mol. The monoisotopic (exact) mass is 459 g/mol. The Hall–Kier alpha value is -3.23. The smallest absolute Gasteiger partial charge is 0.265 e. The van der Waals surface area contributed by atoms with Gasteiger partial charge in [-0.05, 0) is 41.3 Å². The number of carbonyl (C=O) groups is 1. The highest BCUT2D eigenvalue weighted by atomic mass is 35.5. The van der Waals surface area contributed by atoms with E-state index in [4.69, 9.17) is 16.3 Å². The zero-order chi connectivity index (χ0) is 21.8. The number of amides is 1. The van der Waals surface area contributed by atoms with Crippen molar-refractivity contribution in [1.29, 1.82) is 0 Å². The summed E-state index contributed by atoms with van der Waals surface area (Å²) in [7, 11) is 0. The molecule has 0 saturated heterocycles. The Balaban J connectivity index is 1.33.